The highest BCUT2D eigenvalue weighted by molar-refractivity contribution is 5.25. The molecule has 0 aliphatic carbocycles. The molecule has 0 aliphatic heterocycles. The normalized spacial score (nSPS) is 9.25. The number of aromatic nitrogens is 2. The summed E-state index contributed by atoms with van der Waals surface area (Å²) in [6, 6.07) is 12.0. The van der Waals surface area contributed by atoms with E-state index in [-0.39, 0.29) is 34.0 Å². The van der Waals surface area contributed by atoms with Gasteiger partial charge < -0.3 is 34.0 Å². The maximum atomic E-state index is 2.00. The number of pyridine rings is 2. The lowest BCUT2D eigenvalue weighted by Gasteiger charge is -1.84. The predicted octanol–water partition coefficient (Wildman–Crippen LogP) is -4.64. The molecule has 84 valence electrons. The topological polar surface area (TPSA) is 7.76 Å². The van der Waals surface area contributed by atoms with Gasteiger partial charge in [0.1, 0.15) is 0 Å². The molecule has 0 amide bonds. The van der Waals surface area contributed by atoms with Crippen LogP contribution in [0.15, 0.2) is 61.2 Å². The highest BCUT2D eigenvalue weighted by Gasteiger charge is 1.94. The van der Waals surface area contributed by atoms with Crippen molar-refractivity contribution in [1.29, 1.82) is 0 Å². The molecular formula is C12H12Br2N2. The van der Waals surface area contributed by atoms with Crippen LogP contribution in [0.25, 0.3) is 12.4 Å². The van der Waals surface area contributed by atoms with Crippen LogP contribution in [-0.2, 0) is 0 Å². The smallest absolute Gasteiger partial charge is 0.238 e. The molecule has 0 bridgehead atoms. The Hall–Kier alpha value is -1.000. The second-order valence-corrected chi connectivity index (χ2v) is 2.94. The predicted molar refractivity (Wildman–Crippen MR) is 54.8 cm³/mol. The third kappa shape index (κ3) is 4.68. The second-order valence-electron chi connectivity index (χ2n) is 2.94. The van der Waals surface area contributed by atoms with Gasteiger partial charge in [-0.25, -0.2) is 0 Å². The van der Waals surface area contributed by atoms with E-state index in [1.165, 1.54) is 0 Å². The van der Waals surface area contributed by atoms with Crippen LogP contribution in [0.2, 0.25) is 0 Å². The van der Waals surface area contributed by atoms with Crippen LogP contribution in [0.1, 0.15) is 0 Å². The maximum absolute atomic E-state index is 2.00. The third-order valence-electron chi connectivity index (χ3n) is 1.89. The van der Waals surface area contributed by atoms with Crippen molar-refractivity contribution < 1.29 is 43.1 Å². The lowest BCUT2D eigenvalue weighted by Crippen LogP contribution is -3.00. The summed E-state index contributed by atoms with van der Waals surface area (Å²) >= 11 is 0. The zero-order valence-electron chi connectivity index (χ0n) is 8.58. The molecule has 0 radical (unpaired) electrons. The molecule has 2 heterocycles. The first-order valence-electron chi connectivity index (χ1n) is 4.55. The maximum Gasteiger partial charge on any atom is 0.238 e. The Bertz CT molecular complexity index is 374. The minimum atomic E-state index is 0. The van der Waals surface area contributed by atoms with Gasteiger partial charge in [0.2, 0.25) is 12.4 Å². The van der Waals surface area contributed by atoms with E-state index in [1.54, 1.807) is 0 Å². The van der Waals surface area contributed by atoms with Crippen LogP contribution >= 0.6 is 0 Å². The molecule has 0 spiro atoms. The standard InChI is InChI=1S/C12H12N2.2BrH/c1-3-7-13(8-4-1)11-12-14-9-5-2-6-10-14;;/h1-12H;2*1H/q+2;;/p-2. The molecule has 0 saturated heterocycles. The zero-order chi connectivity index (χ0) is 9.64. The molecule has 2 rings (SSSR count). The van der Waals surface area contributed by atoms with Crippen molar-refractivity contribution >= 4 is 12.4 Å². The average molecular weight is 344 g/mol. The summed E-state index contributed by atoms with van der Waals surface area (Å²) in [4.78, 5) is 0. The fraction of sp³-hybridized carbons (Fsp3) is 0. The summed E-state index contributed by atoms with van der Waals surface area (Å²) in [6.07, 6.45) is 12.0. The molecule has 0 fully saturated rings. The van der Waals surface area contributed by atoms with Crippen LogP contribution in [-0.4, -0.2) is 0 Å². The molecule has 0 saturated carbocycles. The quantitative estimate of drug-likeness (QED) is 0.485. The molecule has 4 heteroatoms. The van der Waals surface area contributed by atoms with E-state index < -0.39 is 0 Å². The molecule has 0 atom stereocenters. The minimum absolute atomic E-state index is 0. The monoisotopic (exact) mass is 342 g/mol. The Balaban J connectivity index is 0.00000112. The van der Waals surface area contributed by atoms with E-state index in [2.05, 4.69) is 0 Å². The van der Waals surface area contributed by atoms with Gasteiger partial charge in [-0.3, -0.25) is 0 Å². The molecule has 2 nitrogen and oxygen atoms in total. The van der Waals surface area contributed by atoms with Gasteiger partial charge in [0.05, 0.1) is 0 Å². The van der Waals surface area contributed by atoms with Crippen LogP contribution in [0, 0.1) is 0 Å². The number of rotatable bonds is 2. The van der Waals surface area contributed by atoms with Gasteiger partial charge in [-0.2, -0.15) is 9.13 Å². The molecule has 0 aromatic carbocycles. The minimum Gasteiger partial charge on any atom is -1.00 e. The van der Waals surface area contributed by atoms with E-state index in [1.807, 2.05) is 82.7 Å². The Kier molecular flexibility index (Phi) is 7.68. The number of hydrogen-bond donors (Lipinski definition) is 0. The van der Waals surface area contributed by atoms with Crippen molar-refractivity contribution in [3.05, 3.63) is 61.2 Å². The Morgan fingerprint density at radius 2 is 0.812 bits per heavy atom. The molecule has 2 aromatic rings. The fourth-order valence-electron chi connectivity index (χ4n) is 1.18. The van der Waals surface area contributed by atoms with E-state index in [9.17, 15) is 0 Å². The molecule has 0 unspecified atom stereocenters. The van der Waals surface area contributed by atoms with Crippen molar-refractivity contribution in [2.75, 3.05) is 0 Å². The number of nitrogens with zero attached hydrogens (tertiary/aromatic N) is 2. The van der Waals surface area contributed by atoms with Crippen molar-refractivity contribution in [2.45, 2.75) is 0 Å². The Morgan fingerprint density at radius 1 is 0.500 bits per heavy atom. The molecule has 0 N–H and O–H groups in total. The first-order valence-corrected chi connectivity index (χ1v) is 4.55. The Labute approximate surface area is 116 Å². The van der Waals surface area contributed by atoms with Crippen molar-refractivity contribution in [1.82, 2.24) is 0 Å². The largest absolute Gasteiger partial charge is 1.00 e. The van der Waals surface area contributed by atoms with Crippen LogP contribution in [0.4, 0.5) is 0 Å². The first-order chi connectivity index (χ1) is 6.95. The lowest BCUT2D eigenvalue weighted by molar-refractivity contribution is -0.593. The average Bonchev–Trinajstić information content (AvgIpc) is 2.29. The van der Waals surface area contributed by atoms with Crippen molar-refractivity contribution in [3.8, 4) is 0 Å². The number of hydrogen-bond acceptors (Lipinski definition) is 0. The highest BCUT2D eigenvalue weighted by atomic mass is 79.9. The summed E-state index contributed by atoms with van der Waals surface area (Å²) in [5, 5.41) is 0. The Morgan fingerprint density at radius 3 is 1.12 bits per heavy atom. The van der Waals surface area contributed by atoms with Gasteiger partial charge in [0.25, 0.3) is 0 Å². The van der Waals surface area contributed by atoms with Crippen LogP contribution in [0.3, 0.4) is 0 Å². The van der Waals surface area contributed by atoms with Gasteiger partial charge >= 0.3 is 0 Å². The fourth-order valence-corrected chi connectivity index (χ4v) is 1.18. The molecular weight excluding hydrogens is 332 g/mol. The van der Waals surface area contributed by atoms with Gasteiger partial charge in [-0.05, 0) is 0 Å². The van der Waals surface area contributed by atoms with Crippen LogP contribution in [0.5, 0.6) is 0 Å². The van der Waals surface area contributed by atoms with Crippen molar-refractivity contribution in [2.24, 2.45) is 0 Å². The molecule has 0 aliphatic rings. The summed E-state index contributed by atoms with van der Waals surface area (Å²) in [6.45, 7) is 0. The first kappa shape index (κ1) is 15.0. The SMILES string of the molecule is C(=C[n+]1ccccc1)[n+]1ccccc1.[Br-].[Br-]. The van der Waals surface area contributed by atoms with Crippen LogP contribution < -0.4 is 43.1 Å². The summed E-state index contributed by atoms with van der Waals surface area (Å²) < 4.78 is 4.00. The van der Waals surface area contributed by atoms with Crippen molar-refractivity contribution in [3.63, 3.8) is 0 Å². The van der Waals surface area contributed by atoms with E-state index in [0.717, 1.165) is 0 Å². The third-order valence-corrected chi connectivity index (χ3v) is 1.89. The molecule has 2 aromatic heterocycles. The lowest BCUT2D eigenvalue weighted by atomic mass is 10.5. The van der Waals surface area contributed by atoms with E-state index in [0.29, 0.717) is 0 Å². The zero-order valence-corrected chi connectivity index (χ0v) is 11.8. The summed E-state index contributed by atoms with van der Waals surface area (Å²) in [7, 11) is 0. The van der Waals surface area contributed by atoms with Gasteiger partial charge in [-0.15, -0.1) is 0 Å². The van der Waals surface area contributed by atoms with E-state index in [4.69, 9.17) is 0 Å². The van der Waals surface area contributed by atoms with Gasteiger partial charge in [0, 0.05) is 24.3 Å². The summed E-state index contributed by atoms with van der Waals surface area (Å²) in [5.41, 5.74) is 0. The highest BCUT2D eigenvalue weighted by Crippen LogP contribution is 1.79. The number of halogens is 2. The van der Waals surface area contributed by atoms with E-state index >= 15 is 0 Å². The molecule has 16 heavy (non-hydrogen) atoms. The van der Waals surface area contributed by atoms with Gasteiger partial charge in [0.15, 0.2) is 24.8 Å². The van der Waals surface area contributed by atoms with Gasteiger partial charge in [-0.1, -0.05) is 12.1 Å². The summed E-state index contributed by atoms with van der Waals surface area (Å²) in [5.74, 6) is 0. The second kappa shape index (κ2) is 8.19.